The number of sulfonamides is 1. The van der Waals surface area contributed by atoms with Gasteiger partial charge in [-0.2, -0.15) is 0 Å². The number of rotatable bonds is 4. The van der Waals surface area contributed by atoms with Gasteiger partial charge in [0, 0.05) is 17.1 Å². The molecule has 2 rings (SSSR count). The highest BCUT2D eigenvalue weighted by atomic mass is 32.2. The molecule has 4 nitrogen and oxygen atoms in total. The Bertz CT molecular complexity index is 694. The fourth-order valence-corrected chi connectivity index (χ4v) is 4.41. The first kappa shape index (κ1) is 15.0. The number of nitrogens with one attached hydrogen (secondary N) is 1. The third-order valence-corrected chi connectivity index (χ3v) is 5.91. The molecule has 6 heteroatoms. The van der Waals surface area contributed by atoms with Gasteiger partial charge in [-0.3, -0.25) is 0 Å². The predicted molar refractivity (Wildman–Crippen MR) is 83.4 cm³/mol. The summed E-state index contributed by atoms with van der Waals surface area (Å²) in [7, 11) is -3.57. The molecule has 0 bridgehead atoms. The van der Waals surface area contributed by atoms with Gasteiger partial charge < -0.3 is 5.73 Å². The summed E-state index contributed by atoms with van der Waals surface area (Å²) in [5, 5.41) is 1.92. The predicted octanol–water partition coefficient (Wildman–Crippen LogP) is 2.73. The lowest BCUT2D eigenvalue weighted by molar-refractivity contribution is 0.580. The second-order valence-corrected chi connectivity index (χ2v) is 7.50. The van der Waals surface area contributed by atoms with E-state index in [1.165, 1.54) is 11.3 Å². The molecule has 0 fully saturated rings. The van der Waals surface area contributed by atoms with Gasteiger partial charge in [0.25, 0.3) is 0 Å². The summed E-state index contributed by atoms with van der Waals surface area (Å²) >= 11 is 1.52. The van der Waals surface area contributed by atoms with Crippen molar-refractivity contribution in [1.82, 2.24) is 4.72 Å². The third kappa shape index (κ3) is 2.87. The number of hydrogen-bond donors (Lipinski definition) is 2. The number of anilines is 1. The largest absolute Gasteiger partial charge is 0.398 e. The number of nitrogen functional groups attached to an aromatic ring is 1. The van der Waals surface area contributed by atoms with Crippen molar-refractivity contribution in [1.29, 1.82) is 0 Å². The highest BCUT2D eigenvalue weighted by molar-refractivity contribution is 7.89. The van der Waals surface area contributed by atoms with E-state index in [0.29, 0.717) is 22.7 Å². The van der Waals surface area contributed by atoms with Crippen LogP contribution in [-0.2, 0) is 16.6 Å². The topological polar surface area (TPSA) is 72.2 Å². The molecule has 0 unspecified atom stereocenters. The first-order chi connectivity index (χ1) is 9.33. The quantitative estimate of drug-likeness (QED) is 0.853. The van der Waals surface area contributed by atoms with Crippen LogP contribution in [0.15, 0.2) is 28.5 Å². The second kappa shape index (κ2) is 5.55. The van der Waals surface area contributed by atoms with Gasteiger partial charge in [-0.15, -0.1) is 11.3 Å². The van der Waals surface area contributed by atoms with Gasteiger partial charge in [-0.25, -0.2) is 13.1 Å². The van der Waals surface area contributed by atoms with Gasteiger partial charge in [0.1, 0.15) is 0 Å². The zero-order valence-corrected chi connectivity index (χ0v) is 13.4. The number of aryl methyl sites for hydroxylation is 1. The van der Waals surface area contributed by atoms with Gasteiger partial charge in [0.15, 0.2) is 0 Å². The third-order valence-electron chi connectivity index (χ3n) is 3.36. The van der Waals surface area contributed by atoms with Crippen molar-refractivity contribution in [3.8, 4) is 0 Å². The number of benzene rings is 1. The van der Waals surface area contributed by atoms with E-state index in [9.17, 15) is 8.42 Å². The van der Waals surface area contributed by atoms with Gasteiger partial charge in [-0.1, -0.05) is 6.07 Å². The van der Waals surface area contributed by atoms with Crippen molar-refractivity contribution in [2.75, 3.05) is 5.73 Å². The molecule has 1 heterocycles. The molecule has 108 valence electrons. The minimum absolute atomic E-state index is 0.298. The molecule has 20 heavy (non-hydrogen) atoms. The number of hydrogen-bond acceptors (Lipinski definition) is 4. The summed E-state index contributed by atoms with van der Waals surface area (Å²) in [5.41, 5.74) is 8.62. The van der Waals surface area contributed by atoms with Gasteiger partial charge in [0.05, 0.1) is 4.90 Å². The molecule has 0 aliphatic heterocycles. The standard InChI is InChI=1S/C14H18N2O2S2/c1-9-7-13(15)11(3)14(10(9)2)20(17,18)16-8-12-5-4-6-19-12/h4-7,16H,8,15H2,1-3H3. The van der Waals surface area contributed by atoms with Gasteiger partial charge >= 0.3 is 0 Å². The SMILES string of the molecule is Cc1cc(N)c(C)c(S(=O)(=O)NCc2cccs2)c1C. The lowest BCUT2D eigenvalue weighted by Crippen LogP contribution is -2.25. The van der Waals surface area contributed by atoms with Crippen molar-refractivity contribution in [2.24, 2.45) is 0 Å². The Morgan fingerprint density at radius 1 is 1.25 bits per heavy atom. The van der Waals surface area contributed by atoms with Crippen molar-refractivity contribution >= 4 is 27.0 Å². The average Bonchev–Trinajstić information content (AvgIpc) is 2.87. The van der Waals surface area contributed by atoms with Crippen LogP contribution in [0.1, 0.15) is 21.6 Å². The van der Waals surface area contributed by atoms with Crippen LogP contribution in [0.2, 0.25) is 0 Å². The van der Waals surface area contributed by atoms with Crippen LogP contribution in [0, 0.1) is 20.8 Å². The molecule has 2 aromatic rings. The lowest BCUT2D eigenvalue weighted by Gasteiger charge is -2.15. The molecule has 0 spiro atoms. The molecular weight excluding hydrogens is 292 g/mol. The molecule has 0 aliphatic carbocycles. The Hall–Kier alpha value is -1.37. The van der Waals surface area contributed by atoms with Crippen LogP contribution < -0.4 is 10.5 Å². The summed E-state index contributed by atoms with van der Waals surface area (Å²) in [6, 6.07) is 5.61. The van der Waals surface area contributed by atoms with E-state index in [1.54, 1.807) is 6.92 Å². The maximum atomic E-state index is 12.5. The summed E-state index contributed by atoms with van der Waals surface area (Å²) in [6.45, 7) is 5.71. The molecule has 0 amide bonds. The fourth-order valence-electron chi connectivity index (χ4n) is 2.10. The van der Waals surface area contributed by atoms with Crippen molar-refractivity contribution in [2.45, 2.75) is 32.2 Å². The van der Waals surface area contributed by atoms with Crippen molar-refractivity contribution in [3.05, 3.63) is 45.1 Å². The lowest BCUT2D eigenvalue weighted by atomic mass is 10.1. The molecule has 0 atom stereocenters. The van der Waals surface area contributed by atoms with Crippen LogP contribution in [-0.4, -0.2) is 8.42 Å². The van der Waals surface area contributed by atoms with Crippen LogP contribution in [0.5, 0.6) is 0 Å². The smallest absolute Gasteiger partial charge is 0.241 e. The fraction of sp³-hybridized carbons (Fsp3) is 0.286. The molecule has 0 aliphatic rings. The average molecular weight is 310 g/mol. The summed E-state index contributed by atoms with van der Waals surface area (Å²) in [6.07, 6.45) is 0. The van der Waals surface area contributed by atoms with E-state index in [1.807, 2.05) is 37.4 Å². The van der Waals surface area contributed by atoms with E-state index >= 15 is 0 Å². The molecule has 1 aromatic heterocycles. The van der Waals surface area contributed by atoms with Gasteiger partial charge in [0.2, 0.25) is 10.0 Å². The van der Waals surface area contributed by atoms with Crippen molar-refractivity contribution < 1.29 is 8.42 Å². The highest BCUT2D eigenvalue weighted by Gasteiger charge is 2.22. The first-order valence-electron chi connectivity index (χ1n) is 6.21. The molecule has 0 saturated carbocycles. The molecular formula is C14H18N2O2S2. The minimum Gasteiger partial charge on any atom is -0.398 e. The van der Waals surface area contributed by atoms with E-state index in [0.717, 1.165) is 16.0 Å². The normalized spacial score (nSPS) is 11.8. The van der Waals surface area contributed by atoms with Crippen LogP contribution >= 0.6 is 11.3 Å². The molecule has 0 radical (unpaired) electrons. The van der Waals surface area contributed by atoms with E-state index in [-0.39, 0.29) is 0 Å². The molecule has 3 N–H and O–H groups in total. The zero-order chi connectivity index (χ0) is 14.9. The van der Waals surface area contributed by atoms with Crippen LogP contribution in [0.3, 0.4) is 0 Å². The molecule has 1 aromatic carbocycles. The Labute approximate surface area is 123 Å². The zero-order valence-electron chi connectivity index (χ0n) is 11.7. The highest BCUT2D eigenvalue weighted by Crippen LogP contribution is 2.27. The molecule has 0 saturated heterocycles. The second-order valence-electron chi connectivity index (χ2n) is 4.77. The van der Waals surface area contributed by atoms with Crippen molar-refractivity contribution in [3.63, 3.8) is 0 Å². The maximum Gasteiger partial charge on any atom is 0.241 e. The van der Waals surface area contributed by atoms with E-state index < -0.39 is 10.0 Å². The summed E-state index contributed by atoms with van der Waals surface area (Å²) in [4.78, 5) is 1.27. The van der Waals surface area contributed by atoms with Crippen LogP contribution in [0.25, 0.3) is 0 Å². The van der Waals surface area contributed by atoms with Gasteiger partial charge in [-0.05, 0) is 55.0 Å². The number of nitrogens with two attached hydrogens (primary N) is 1. The monoisotopic (exact) mass is 310 g/mol. The Morgan fingerprint density at radius 2 is 1.95 bits per heavy atom. The van der Waals surface area contributed by atoms with Crippen LogP contribution in [0.4, 0.5) is 5.69 Å². The van der Waals surface area contributed by atoms with E-state index in [2.05, 4.69) is 4.72 Å². The summed E-state index contributed by atoms with van der Waals surface area (Å²) in [5.74, 6) is 0. The van der Waals surface area contributed by atoms with E-state index in [4.69, 9.17) is 5.73 Å². The minimum atomic E-state index is -3.57. The Balaban J connectivity index is 2.39. The summed E-state index contributed by atoms with van der Waals surface area (Å²) < 4.78 is 27.7. The Morgan fingerprint density at radius 3 is 2.55 bits per heavy atom. The maximum absolute atomic E-state index is 12.5. The first-order valence-corrected chi connectivity index (χ1v) is 8.57. The Kier molecular flexibility index (Phi) is 4.17. The number of thiophene rings is 1.